The zero-order chi connectivity index (χ0) is 14.6. The third kappa shape index (κ3) is 2.90. The molecule has 0 bridgehead atoms. The molecule has 1 aliphatic rings. The number of nitriles is 1. The number of hydrogen-bond donors (Lipinski definition) is 2. The summed E-state index contributed by atoms with van der Waals surface area (Å²) in [5, 5.41) is 21.6. The van der Waals surface area contributed by atoms with Crippen molar-refractivity contribution >= 4 is 11.8 Å². The van der Waals surface area contributed by atoms with E-state index < -0.39 is 11.4 Å². The molecule has 106 valence electrons. The number of rotatable bonds is 4. The van der Waals surface area contributed by atoms with E-state index in [1.807, 2.05) is 0 Å². The second kappa shape index (κ2) is 5.91. The van der Waals surface area contributed by atoms with Crippen LogP contribution in [0.5, 0.6) is 0 Å². The lowest BCUT2D eigenvalue weighted by Gasteiger charge is -2.36. The van der Waals surface area contributed by atoms with Crippen molar-refractivity contribution in [3.8, 4) is 6.07 Å². The van der Waals surface area contributed by atoms with Gasteiger partial charge in [0, 0.05) is 12.7 Å². The molecule has 1 saturated carbocycles. The van der Waals surface area contributed by atoms with E-state index in [0.717, 1.165) is 12.8 Å². The van der Waals surface area contributed by atoms with Gasteiger partial charge in [-0.05, 0) is 43.7 Å². The number of anilines is 1. The van der Waals surface area contributed by atoms with E-state index in [4.69, 9.17) is 5.26 Å². The van der Waals surface area contributed by atoms with Crippen LogP contribution in [-0.4, -0.2) is 22.6 Å². The Morgan fingerprint density at radius 1 is 1.60 bits per heavy atom. The van der Waals surface area contributed by atoms with Gasteiger partial charge in [-0.3, -0.25) is 4.79 Å². The van der Waals surface area contributed by atoms with Crippen molar-refractivity contribution in [2.24, 2.45) is 11.3 Å². The van der Waals surface area contributed by atoms with Crippen molar-refractivity contribution in [2.75, 3.05) is 11.9 Å². The Morgan fingerprint density at radius 3 is 2.90 bits per heavy atom. The fourth-order valence-electron chi connectivity index (χ4n) is 2.67. The molecule has 2 rings (SSSR count). The summed E-state index contributed by atoms with van der Waals surface area (Å²) in [6, 6.07) is 5.43. The van der Waals surface area contributed by atoms with Gasteiger partial charge < -0.3 is 10.4 Å². The van der Waals surface area contributed by atoms with Gasteiger partial charge in [-0.15, -0.1) is 0 Å². The Balaban J connectivity index is 2.10. The quantitative estimate of drug-likeness (QED) is 0.880. The predicted molar refractivity (Wildman–Crippen MR) is 75.1 cm³/mol. The first-order chi connectivity index (χ1) is 9.57. The lowest BCUT2D eigenvalue weighted by molar-refractivity contribution is -0.150. The number of carboxylic acids is 1. The normalized spacial score (nSPS) is 25.7. The number of nitrogens with zero attached hydrogens (tertiary/aromatic N) is 2. The molecule has 20 heavy (non-hydrogen) atoms. The van der Waals surface area contributed by atoms with Crippen LogP contribution >= 0.6 is 0 Å². The SMILES string of the molecule is CC1CCC(CNc2ncccc2C#N)(C(=O)O)CC1. The van der Waals surface area contributed by atoms with Crippen LogP contribution in [0.2, 0.25) is 0 Å². The standard InChI is InChI=1S/C15H19N3O2/c1-11-4-6-15(7-5-11,14(19)20)10-18-13-12(9-16)3-2-8-17-13/h2-3,8,11H,4-7,10H2,1H3,(H,17,18)(H,19,20). The molecular formula is C15H19N3O2. The molecule has 1 aromatic rings. The molecule has 0 aromatic carbocycles. The summed E-state index contributed by atoms with van der Waals surface area (Å²) in [6.07, 6.45) is 4.80. The fourth-order valence-corrected chi connectivity index (χ4v) is 2.67. The first-order valence-corrected chi connectivity index (χ1v) is 6.90. The summed E-state index contributed by atoms with van der Waals surface area (Å²) in [5.74, 6) is 0.299. The molecule has 0 radical (unpaired) electrons. The number of aromatic nitrogens is 1. The summed E-state index contributed by atoms with van der Waals surface area (Å²) < 4.78 is 0. The van der Waals surface area contributed by atoms with Gasteiger partial charge in [-0.1, -0.05) is 6.92 Å². The third-order valence-electron chi connectivity index (χ3n) is 4.21. The number of carbonyl (C=O) groups is 1. The molecule has 0 unspecified atom stereocenters. The van der Waals surface area contributed by atoms with E-state index in [2.05, 4.69) is 23.3 Å². The molecule has 0 amide bonds. The first-order valence-electron chi connectivity index (χ1n) is 6.90. The molecule has 0 spiro atoms. The van der Waals surface area contributed by atoms with Crippen LogP contribution in [-0.2, 0) is 4.79 Å². The number of nitrogens with one attached hydrogen (secondary N) is 1. The molecule has 0 atom stereocenters. The zero-order valence-electron chi connectivity index (χ0n) is 11.6. The highest BCUT2D eigenvalue weighted by molar-refractivity contribution is 5.75. The van der Waals surface area contributed by atoms with Gasteiger partial charge in [0.15, 0.2) is 0 Å². The second-order valence-corrected chi connectivity index (χ2v) is 5.63. The minimum Gasteiger partial charge on any atom is -0.481 e. The molecule has 1 aromatic heterocycles. The molecule has 5 nitrogen and oxygen atoms in total. The Hall–Kier alpha value is -2.09. The Labute approximate surface area is 118 Å². The van der Waals surface area contributed by atoms with E-state index in [1.165, 1.54) is 0 Å². The summed E-state index contributed by atoms with van der Waals surface area (Å²) in [5.41, 5.74) is -0.297. The van der Waals surface area contributed by atoms with Crippen molar-refractivity contribution in [3.63, 3.8) is 0 Å². The number of aliphatic carboxylic acids is 1. The Bertz CT molecular complexity index is 528. The van der Waals surface area contributed by atoms with Crippen LogP contribution in [0.15, 0.2) is 18.3 Å². The van der Waals surface area contributed by atoms with E-state index in [1.54, 1.807) is 18.3 Å². The minimum atomic E-state index is -0.758. The van der Waals surface area contributed by atoms with E-state index in [9.17, 15) is 9.90 Å². The van der Waals surface area contributed by atoms with Crippen molar-refractivity contribution < 1.29 is 9.90 Å². The van der Waals surface area contributed by atoms with Gasteiger partial charge in [-0.25, -0.2) is 4.98 Å². The van der Waals surface area contributed by atoms with Gasteiger partial charge in [0.2, 0.25) is 0 Å². The zero-order valence-corrected chi connectivity index (χ0v) is 11.6. The Morgan fingerprint density at radius 2 is 2.30 bits per heavy atom. The van der Waals surface area contributed by atoms with Crippen molar-refractivity contribution in [3.05, 3.63) is 23.9 Å². The summed E-state index contributed by atoms with van der Waals surface area (Å²) in [6.45, 7) is 2.48. The number of pyridine rings is 1. The van der Waals surface area contributed by atoms with E-state index in [-0.39, 0.29) is 0 Å². The smallest absolute Gasteiger partial charge is 0.311 e. The lowest BCUT2D eigenvalue weighted by atomic mass is 9.71. The molecule has 0 aliphatic heterocycles. The molecule has 0 saturated heterocycles. The highest BCUT2D eigenvalue weighted by atomic mass is 16.4. The van der Waals surface area contributed by atoms with Crippen LogP contribution in [0.4, 0.5) is 5.82 Å². The van der Waals surface area contributed by atoms with Gasteiger partial charge >= 0.3 is 5.97 Å². The summed E-state index contributed by atoms with van der Waals surface area (Å²) in [7, 11) is 0. The van der Waals surface area contributed by atoms with Gasteiger partial charge in [-0.2, -0.15) is 5.26 Å². The lowest BCUT2D eigenvalue weighted by Crippen LogP contribution is -2.41. The van der Waals surface area contributed by atoms with Crippen LogP contribution in [0.1, 0.15) is 38.2 Å². The first kappa shape index (κ1) is 14.3. The van der Waals surface area contributed by atoms with Gasteiger partial charge in [0.25, 0.3) is 0 Å². The molecule has 2 N–H and O–H groups in total. The average molecular weight is 273 g/mol. The van der Waals surface area contributed by atoms with Crippen molar-refractivity contribution in [1.29, 1.82) is 5.26 Å². The maximum Gasteiger partial charge on any atom is 0.311 e. The number of carboxylic acid groups (broad SMARTS) is 1. The maximum atomic E-state index is 11.6. The highest BCUT2D eigenvalue weighted by Crippen LogP contribution is 2.39. The summed E-state index contributed by atoms with van der Waals surface area (Å²) >= 11 is 0. The molecule has 5 heteroatoms. The molecule has 1 heterocycles. The molecule has 1 aliphatic carbocycles. The summed E-state index contributed by atoms with van der Waals surface area (Å²) in [4.78, 5) is 15.7. The predicted octanol–water partition coefficient (Wildman–Crippen LogP) is 2.65. The van der Waals surface area contributed by atoms with Crippen molar-refractivity contribution in [1.82, 2.24) is 4.98 Å². The highest BCUT2D eigenvalue weighted by Gasteiger charge is 2.41. The maximum absolute atomic E-state index is 11.6. The topological polar surface area (TPSA) is 86.0 Å². The average Bonchev–Trinajstić information content (AvgIpc) is 2.47. The largest absolute Gasteiger partial charge is 0.481 e. The minimum absolute atomic E-state index is 0.320. The van der Waals surface area contributed by atoms with Gasteiger partial charge in [0.1, 0.15) is 11.9 Å². The van der Waals surface area contributed by atoms with Crippen LogP contribution < -0.4 is 5.32 Å². The second-order valence-electron chi connectivity index (χ2n) is 5.63. The van der Waals surface area contributed by atoms with Crippen LogP contribution in [0.25, 0.3) is 0 Å². The fraction of sp³-hybridized carbons (Fsp3) is 0.533. The molecular weight excluding hydrogens is 254 g/mol. The van der Waals surface area contributed by atoms with Crippen LogP contribution in [0.3, 0.4) is 0 Å². The number of hydrogen-bond acceptors (Lipinski definition) is 4. The Kier molecular flexibility index (Phi) is 4.23. The van der Waals surface area contributed by atoms with E-state index >= 15 is 0 Å². The van der Waals surface area contributed by atoms with E-state index in [0.29, 0.717) is 36.7 Å². The molecule has 1 fully saturated rings. The monoisotopic (exact) mass is 273 g/mol. The van der Waals surface area contributed by atoms with Crippen LogP contribution in [0, 0.1) is 22.7 Å². The third-order valence-corrected chi connectivity index (χ3v) is 4.21. The van der Waals surface area contributed by atoms with Crippen molar-refractivity contribution in [2.45, 2.75) is 32.6 Å². The van der Waals surface area contributed by atoms with Gasteiger partial charge in [0.05, 0.1) is 11.0 Å².